The van der Waals surface area contributed by atoms with E-state index in [0.717, 1.165) is 12.1 Å². The average Bonchev–Trinajstić information content (AvgIpc) is 2.15. The molecule has 1 rings (SSSR count). The van der Waals surface area contributed by atoms with Crippen LogP contribution in [0.5, 0.6) is 5.75 Å². The van der Waals surface area contributed by atoms with Crippen molar-refractivity contribution in [3.05, 3.63) is 17.9 Å². The molecule has 0 aliphatic rings. The summed E-state index contributed by atoms with van der Waals surface area (Å²) >= 11 is 0. The SMILES string of the molecule is COc1cc(NCC(F)(F)F)c(N)cc1F. The van der Waals surface area contributed by atoms with E-state index in [0.29, 0.717) is 0 Å². The van der Waals surface area contributed by atoms with Crippen LogP contribution in [0.25, 0.3) is 0 Å². The fraction of sp³-hybridized carbons (Fsp3) is 0.333. The molecule has 0 saturated heterocycles. The van der Waals surface area contributed by atoms with E-state index in [1.165, 1.54) is 7.11 Å². The van der Waals surface area contributed by atoms with E-state index >= 15 is 0 Å². The first kappa shape index (κ1) is 12.4. The van der Waals surface area contributed by atoms with Gasteiger partial charge in [0.15, 0.2) is 11.6 Å². The zero-order chi connectivity index (χ0) is 12.3. The highest BCUT2D eigenvalue weighted by Gasteiger charge is 2.27. The third kappa shape index (κ3) is 3.18. The molecule has 90 valence electrons. The van der Waals surface area contributed by atoms with E-state index in [1.54, 1.807) is 0 Å². The average molecular weight is 238 g/mol. The predicted molar refractivity (Wildman–Crippen MR) is 51.9 cm³/mol. The summed E-state index contributed by atoms with van der Waals surface area (Å²) in [6.07, 6.45) is -4.37. The fourth-order valence-electron chi connectivity index (χ4n) is 1.07. The van der Waals surface area contributed by atoms with Crippen molar-refractivity contribution in [1.29, 1.82) is 0 Å². The maximum absolute atomic E-state index is 13.1. The molecule has 0 aromatic heterocycles. The number of ether oxygens (including phenoxy) is 1. The van der Waals surface area contributed by atoms with Crippen molar-refractivity contribution in [2.75, 3.05) is 24.7 Å². The number of anilines is 2. The van der Waals surface area contributed by atoms with Crippen LogP contribution in [0.4, 0.5) is 28.9 Å². The van der Waals surface area contributed by atoms with Crippen molar-refractivity contribution in [3.63, 3.8) is 0 Å². The highest BCUT2D eigenvalue weighted by molar-refractivity contribution is 5.68. The molecule has 7 heteroatoms. The van der Waals surface area contributed by atoms with Gasteiger partial charge < -0.3 is 15.8 Å². The van der Waals surface area contributed by atoms with E-state index in [4.69, 9.17) is 5.73 Å². The summed E-state index contributed by atoms with van der Waals surface area (Å²) in [6, 6.07) is 1.98. The molecule has 0 atom stereocenters. The largest absolute Gasteiger partial charge is 0.494 e. The minimum atomic E-state index is -4.37. The minimum absolute atomic E-state index is 0.0180. The Morgan fingerprint density at radius 3 is 2.50 bits per heavy atom. The Labute approximate surface area is 89.2 Å². The van der Waals surface area contributed by atoms with Crippen molar-refractivity contribution in [2.45, 2.75) is 6.18 Å². The maximum atomic E-state index is 13.1. The van der Waals surface area contributed by atoms with Crippen molar-refractivity contribution in [1.82, 2.24) is 0 Å². The Morgan fingerprint density at radius 1 is 1.38 bits per heavy atom. The predicted octanol–water partition coefficient (Wildman–Crippen LogP) is 2.39. The number of nitrogen functional groups attached to an aromatic ring is 1. The molecule has 0 amide bonds. The number of halogens is 4. The number of nitrogens with two attached hydrogens (primary N) is 1. The summed E-state index contributed by atoms with van der Waals surface area (Å²) in [6.45, 7) is -1.24. The van der Waals surface area contributed by atoms with Crippen molar-refractivity contribution in [3.8, 4) is 5.75 Å². The van der Waals surface area contributed by atoms with Gasteiger partial charge in [0.05, 0.1) is 18.5 Å². The molecular weight excluding hydrogens is 228 g/mol. The molecule has 0 spiro atoms. The molecule has 0 saturated carbocycles. The second kappa shape index (κ2) is 4.46. The zero-order valence-electron chi connectivity index (χ0n) is 8.36. The highest BCUT2D eigenvalue weighted by atomic mass is 19.4. The maximum Gasteiger partial charge on any atom is 0.405 e. The Bertz CT molecular complexity index is 379. The van der Waals surface area contributed by atoms with Gasteiger partial charge in [0.2, 0.25) is 0 Å². The van der Waals surface area contributed by atoms with Crippen LogP contribution in [0.2, 0.25) is 0 Å². The zero-order valence-corrected chi connectivity index (χ0v) is 8.36. The van der Waals surface area contributed by atoms with Gasteiger partial charge in [-0.1, -0.05) is 0 Å². The number of methoxy groups -OCH3 is 1. The number of rotatable bonds is 3. The summed E-state index contributed by atoms with van der Waals surface area (Å²) in [5, 5.41) is 2.06. The Kier molecular flexibility index (Phi) is 3.46. The highest BCUT2D eigenvalue weighted by Crippen LogP contribution is 2.28. The second-order valence-electron chi connectivity index (χ2n) is 3.04. The monoisotopic (exact) mass is 238 g/mol. The van der Waals surface area contributed by atoms with Gasteiger partial charge in [-0.3, -0.25) is 0 Å². The van der Waals surface area contributed by atoms with Crippen LogP contribution in [0.1, 0.15) is 0 Å². The molecule has 0 aliphatic carbocycles. The van der Waals surface area contributed by atoms with Crippen molar-refractivity contribution >= 4 is 11.4 Å². The number of alkyl halides is 3. The molecule has 3 N–H and O–H groups in total. The summed E-state index contributed by atoms with van der Waals surface area (Å²) in [5.74, 6) is -0.892. The number of benzene rings is 1. The third-order valence-electron chi connectivity index (χ3n) is 1.80. The van der Waals surface area contributed by atoms with Gasteiger partial charge in [-0.15, -0.1) is 0 Å². The minimum Gasteiger partial charge on any atom is -0.494 e. The Balaban J connectivity index is 2.88. The fourth-order valence-corrected chi connectivity index (χ4v) is 1.07. The van der Waals surface area contributed by atoms with Crippen molar-refractivity contribution in [2.24, 2.45) is 0 Å². The lowest BCUT2D eigenvalue weighted by atomic mass is 10.2. The Hall–Kier alpha value is -1.66. The molecule has 0 fully saturated rings. The number of nitrogens with one attached hydrogen (secondary N) is 1. The quantitative estimate of drug-likeness (QED) is 0.627. The number of hydrogen-bond donors (Lipinski definition) is 2. The molecule has 1 aromatic carbocycles. The van der Waals surface area contributed by atoms with Gasteiger partial charge in [0.25, 0.3) is 0 Å². The smallest absolute Gasteiger partial charge is 0.405 e. The van der Waals surface area contributed by atoms with Gasteiger partial charge in [0, 0.05) is 12.1 Å². The molecule has 0 heterocycles. The molecule has 0 aliphatic heterocycles. The molecule has 0 bridgehead atoms. The van der Waals surface area contributed by atoms with Crippen molar-refractivity contribution < 1.29 is 22.3 Å². The van der Waals surface area contributed by atoms with Gasteiger partial charge in [-0.2, -0.15) is 13.2 Å². The summed E-state index contributed by atoms with van der Waals surface area (Å²) in [7, 11) is 1.21. The number of hydrogen-bond acceptors (Lipinski definition) is 3. The summed E-state index contributed by atoms with van der Waals surface area (Å²) in [5.41, 5.74) is 5.22. The van der Waals surface area contributed by atoms with Crippen LogP contribution in [-0.2, 0) is 0 Å². The first-order valence-corrected chi connectivity index (χ1v) is 4.27. The molecular formula is C9H10F4N2O. The van der Waals surface area contributed by atoms with Crippen LogP contribution < -0.4 is 15.8 Å². The van der Waals surface area contributed by atoms with E-state index in [-0.39, 0.29) is 17.1 Å². The van der Waals surface area contributed by atoms with Crippen LogP contribution in [-0.4, -0.2) is 19.8 Å². The normalized spacial score (nSPS) is 11.3. The Morgan fingerprint density at radius 2 is 2.00 bits per heavy atom. The standard InChI is InChI=1S/C9H10F4N2O/c1-16-8-3-7(6(14)2-5(8)10)15-4-9(11,12)13/h2-3,15H,4,14H2,1H3. The van der Waals surface area contributed by atoms with Crippen LogP contribution in [0.3, 0.4) is 0 Å². The molecule has 3 nitrogen and oxygen atoms in total. The van der Waals surface area contributed by atoms with E-state index < -0.39 is 18.5 Å². The van der Waals surface area contributed by atoms with Gasteiger partial charge in [0.1, 0.15) is 6.54 Å². The second-order valence-corrected chi connectivity index (χ2v) is 3.04. The first-order chi connectivity index (χ1) is 7.33. The molecule has 0 unspecified atom stereocenters. The van der Waals surface area contributed by atoms with Crippen LogP contribution in [0.15, 0.2) is 12.1 Å². The van der Waals surface area contributed by atoms with Gasteiger partial charge in [-0.05, 0) is 0 Å². The lowest BCUT2D eigenvalue weighted by Gasteiger charge is -2.13. The topological polar surface area (TPSA) is 47.3 Å². The van der Waals surface area contributed by atoms with Crippen LogP contribution in [0, 0.1) is 5.82 Å². The van der Waals surface area contributed by atoms with E-state index in [2.05, 4.69) is 10.1 Å². The van der Waals surface area contributed by atoms with Crippen LogP contribution >= 0.6 is 0 Å². The van der Waals surface area contributed by atoms with Gasteiger partial charge in [-0.25, -0.2) is 4.39 Å². The lowest BCUT2D eigenvalue weighted by molar-refractivity contribution is -0.115. The molecule has 1 aromatic rings. The summed E-state index contributed by atoms with van der Waals surface area (Å²) in [4.78, 5) is 0. The first-order valence-electron chi connectivity index (χ1n) is 4.27. The molecule has 0 radical (unpaired) electrons. The molecule has 16 heavy (non-hydrogen) atoms. The van der Waals surface area contributed by atoms with E-state index in [9.17, 15) is 17.6 Å². The van der Waals surface area contributed by atoms with E-state index in [1.807, 2.05) is 0 Å². The third-order valence-corrected chi connectivity index (χ3v) is 1.80. The lowest BCUT2D eigenvalue weighted by Crippen LogP contribution is -2.21. The van der Waals surface area contributed by atoms with Gasteiger partial charge >= 0.3 is 6.18 Å². The summed E-state index contributed by atoms with van der Waals surface area (Å²) < 4.78 is 53.4.